The smallest absolute Gasteiger partial charge is 0.306 e. The monoisotopic (exact) mass is 330 g/mol. The summed E-state index contributed by atoms with van der Waals surface area (Å²) in [7, 11) is -3.46. The van der Waals surface area contributed by atoms with Gasteiger partial charge >= 0.3 is 10.1 Å². The summed E-state index contributed by atoms with van der Waals surface area (Å²) in [6.45, 7) is 4.86. The van der Waals surface area contributed by atoms with Crippen LogP contribution in [0.15, 0.2) is 24.0 Å². The largest absolute Gasteiger partial charge is 0.383 e. The molecule has 0 aliphatic heterocycles. The Kier molecular flexibility index (Phi) is 8.18. The van der Waals surface area contributed by atoms with Crippen molar-refractivity contribution in [3.8, 4) is 0 Å². The minimum Gasteiger partial charge on any atom is -0.383 e. The first kappa shape index (κ1) is 19.2. The molecule has 128 valence electrons. The van der Waals surface area contributed by atoms with Crippen molar-refractivity contribution in [1.82, 2.24) is 0 Å². The van der Waals surface area contributed by atoms with Crippen LogP contribution < -0.4 is 0 Å². The van der Waals surface area contributed by atoms with Crippen molar-refractivity contribution >= 4 is 10.1 Å². The molecule has 0 saturated carbocycles. The molecule has 22 heavy (non-hydrogen) atoms. The highest BCUT2D eigenvalue weighted by Crippen LogP contribution is 2.31. The predicted molar refractivity (Wildman–Crippen MR) is 90.1 cm³/mol. The standard InChI is InChI=1S/C17H30O4S/c1-4-6-7-8-9-10-13-17(20-5-2)14-11-16(12-15-17)21-22(3,18)19/h11-12,14H,4-10,13,15H2,1-3H3. The minimum absolute atomic E-state index is 0.302. The van der Waals surface area contributed by atoms with E-state index in [1.165, 1.54) is 32.1 Å². The molecule has 1 atom stereocenters. The van der Waals surface area contributed by atoms with Gasteiger partial charge in [0.25, 0.3) is 0 Å². The normalized spacial score (nSPS) is 21.7. The fraction of sp³-hybridized carbons (Fsp3) is 0.765. The molecule has 1 rings (SSSR count). The Balaban J connectivity index is 2.48. The van der Waals surface area contributed by atoms with Crippen LogP contribution in [0.3, 0.4) is 0 Å². The Hall–Kier alpha value is -0.810. The van der Waals surface area contributed by atoms with Gasteiger partial charge in [-0.1, -0.05) is 45.4 Å². The zero-order valence-electron chi connectivity index (χ0n) is 14.1. The summed E-state index contributed by atoms with van der Waals surface area (Å²) in [6.07, 6.45) is 15.7. The van der Waals surface area contributed by atoms with Gasteiger partial charge in [0.05, 0.1) is 11.9 Å². The molecule has 0 aromatic heterocycles. The van der Waals surface area contributed by atoms with Crippen molar-refractivity contribution in [1.29, 1.82) is 0 Å². The maximum Gasteiger partial charge on any atom is 0.306 e. The molecule has 0 N–H and O–H groups in total. The highest BCUT2D eigenvalue weighted by atomic mass is 32.2. The van der Waals surface area contributed by atoms with Crippen LogP contribution in [0.4, 0.5) is 0 Å². The van der Waals surface area contributed by atoms with Crippen LogP contribution in [0, 0.1) is 0 Å². The summed E-state index contributed by atoms with van der Waals surface area (Å²) in [5, 5.41) is 0. The molecule has 1 aliphatic carbocycles. The van der Waals surface area contributed by atoms with Crippen LogP contribution in [-0.4, -0.2) is 26.9 Å². The van der Waals surface area contributed by atoms with Crippen molar-refractivity contribution in [3.05, 3.63) is 24.0 Å². The van der Waals surface area contributed by atoms with Crippen LogP contribution >= 0.6 is 0 Å². The van der Waals surface area contributed by atoms with Gasteiger partial charge in [-0.25, -0.2) is 0 Å². The predicted octanol–water partition coefficient (Wildman–Crippen LogP) is 4.33. The first-order chi connectivity index (χ1) is 10.4. The maximum absolute atomic E-state index is 11.2. The van der Waals surface area contributed by atoms with E-state index >= 15 is 0 Å². The molecule has 0 spiro atoms. The molecule has 0 saturated heterocycles. The van der Waals surface area contributed by atoms with Crippen LogP contribution in [0.25, 0.3) is 0 Å². The molecule has 0 amide bonds. The van der Waals surface area contributed by atoms with Crippen molar-refractivity contribution in [3.63, 3.8) is 0 Å². The van der Waals surface area contributed by atoms with E-state index in [1.54, 1.807) is 6.08 Å². The third kappa shape index (κ3) is 7.45. The molecule has 4 nitrogen and oxygen atoms in total. The van der Waals surface area contributed by atoms with Gasteiger partial charge in [0.1, 0.15) is 5.76 Å². The van der Waals surface area contributed by atoms with E-state index in [9.17, 15) is 8.42 Å². The number of ether oxygens (including phenoxy) is 1. The molecule has 5 heteroatoms. The van der Waals surface area contributed by atoms with Crippen LogP contribution in [0.2, 0.25) is 0 Å². The van der Waals surface area contributed by atoms with Crippen molar-refractivity contribution in [2.24, 2.45) is 0 Å². The second-order valence-electron chi connectivity index (χ2n) is 5.95. The third-order valence-corrected chi connectivity index (χ3v) is 4.33. The van der Waals surface area contributed by atoms with E-state index in [0.717, 1.165) is 19.1 Å². The lowest BCUT2D eigenvalue weighted by atomic mass is 9.88. The fourth-order valence-electron chi connectivity index (χ4n) is 2.74. The van der Waals surface area contributed by atoms with Gasteiger partial charge in [-0.2, -0.15) is 8.42 Å². The summed E-state index contributed by atoms with van der Waals surface area (Å²) in [5.74, 6) is 0.390. The lowest BCUT2D eigenvalue weighted by Gasteiger charge is -2.32. The topological polar surface area (TPSA) is 52.6 Å². The van der Waals surface area contributed by atoms with Gasteiger partial charge in [-0.3, -0.25) is 0 Å². The first-order valence-electron chi connectivity index (χ1n) is 8.33. The Bertz CT molecular complexity index is 479. The Morgan fingerprint density at radius 2 is 1.82 bits per heavy atom. The molecule has 0 bridgehead atoms. The first-order valence-corrected chi connectivity index (χ1v) is 10.2. The highest BCUT2D eigenvalue weighted by molar-refractivity contribution is 7.86. The second-order valence-corrected chi connectivity index (χ2v) is 7.52. The van der Waals surface area contributed by atoms with Gasteiger partial charge in [-0.15, -0.1) is 0 Å². The van der Waals surface area contributed by atoms with Gasteiger partial charge in [-0.05, 0) is 31.6 Å². The van der Waals surface area contributed by atoms with Gasteiger partial charge < -0.3 is 8.92 Å². The quantitative estimate of drug-likeness (QED) is 0.418. The van der Waals surface area contributed by atoms with E-state index < -0.39 is 10.1 Å². The van der Waals surface area contributed by atoms with Gasteiger partial charge in [0.2, 0.25) is 0 Å². The van der Waals surface area contributed by atoms with Gasteiger partial charge in [0, 0.05) is 13.0 Å². The molecule has 0 radical (unpaired) electrons. The van der Waals surface area contributed by atoms with Crippen LogP contribution in [0.5, 0.6) is 0 Å². The van der Waals surface area contributed by atoms with E-state index in [1.807, 2.05) is 19.1 Å². The molecule has 1 aliphatic rings. The zero-order chi connectivity index (χ0) is 16.5. The molecule has 0 fully saturated rings. The van der Waals surface area contributed by atoms with E-state index in [2.05, 4.69) is 6.92 Å². The van der Waals surface area contributed by atoms with Crippen LogP contribution in [0.1, 0.15) is 65.2 Å². The van der Waals surface area contributed by atoms with Crippen molar-refractivity contribution in [2.75, 3.05) is 12.9 Å². The molecular weight excluding hydrogens is 300 g/mol. The number of hydrogen-bond acceptors (Lipinski definition) is 4. The molecule has 0 aromatic carbocycles. The Morgan fingerprint density at radius 3 is 2.36 bits per heavy atom. The minimum atomic E-state index is -3.46. The molecule has 1 unspecified atom stereocenters. The maximum atomic E-state index is 11.2. The van der Waals surface area contributed by atoms with E-state index in [0.29, 0.717) is 18.8 Å². The number of hydrogen-bond donors (Lipinski definition) is 0. The molecular formula is C17H30O4S. The lowest BCUT2D eigenvalue weighted by Crippen LogP contribution is -2.31. The lowest BCUT2D eigenvalue weighted by molar-refractivity contribution is -0.00845. The van der Waals surface area contributed by atoms with Crippen molar-refractivity contribution < 1.29 is 17.3 Å². The summed E-state index contributed by atoms with van der Waals surface area (Å²) >= 11 is 0. The fourth-order valence-corrected chi connectivity index (χ4v) is 3.21. The summed E-state index contributed by atoms with van der Waals surface area (Å²) in [6, 6.07) is 0. The SMILES string of the molecule is CCCCCCCCC1(OCC)C=CC(OS(C)(=O)=O)=CC1. The average molecular weight is 330 g/mol. The van der Waals surface area contributed by atoms with Crippen molar-refractivity contribution in [2.45, 2.75) is 70.8 Å². The summed E-state index contributed by atoms with van der Waals surface area (Å²) < 4.78 is 33.2. The van der Waals surface area contributed by atoms with Gasteiger partial charge in [0.15, 0.2) is 0 Å². The number of allylic oxidation sites excluding steroid dienone is 1. The summed E-state index contributed by atoms with van der Waals surface area (Å²) in [4.78, 5) is 0. The zero-order valence-corrected chi connectivity index (χ0v) is 15.0. The summed E-state index contributed by atoms with van der Waals surface area (Å²) in [5.41, 5.74) is -0.302. The number of rotatable bonds is 11. The van der Waals surface area contributed by atoms with E-state index in [4.69, 9.17) is 8.92 Å². The second kappa shape index (κ2) is 9.36. The Labute approximate surface area is 135 Å². The average Bonchev–Trinajstić information content (AvgIpc) is 2.44. The highest BCUT2D eigenvalue weighted by Gasteiger charge is 2.29. The van der Waals surface area contributed by atoms with E-state index in [-0.39, 0.29) is 5.60 Å². The van der Waals surface area contributed by atoms with Crippen LogP contribution in [-0.2, 0) is 19.0 Å². The number of unbranched alkanes of at least 4 members (excludes halogenated alkanes) is 5. The third-order valence-electron chi connectivity index (χ3n) is 3.83. The Morgan fingerprint density at radius 1 is 1.14 bits per heavy atom. The molecule has 0 heterocycles. The molecule has 0 aromatic rings.